The van der Waals surface area contributed by atoms with Crippen LogP contribution in [0.1, 0.15) is 40.5 Å². The summed E-state index contributed by atoms with van der Waals surface area (Å²) >= 11 is 0. The van der Waals surface area contributed by atoms with Gasteiger partial charge in [-0.25, -0.2) is 0 Å². The van der Waals surface area contributed by atoms with Gasteiger partial charge in [-0.3, -0.25) is 19.2 Å². The molecule has 2 N–H and O–H groups in total. The average molecular weight is 302 g/mol. The van der Waals surface area contributed by atoms with Gasteiger partial charge in [0.1, 0.15) is 0 Å². The van der Waals surface area contributed by atoms with Gasteiger partial charge in [0.05, 0.1) is 11.8 Å². The number of aliphatic carboxylic acids is 2. The van der Waals surface area contributed by atoms with Crippen LogP contribution in [-0.4, -0.2) is 34.1 Å². The lowest BCUT2D eigenvalue weighted by atomic mass is 9.92. The van der Waals surface area contributed by atoms with E-state index in [0.29, 0.717) is 0 Å². The van der Waals surface area contributed by atoms with Crippen LogP contribution in [0.15, 0.2) is 0 Å². The third-order valence-electron chi connectivity index (χ3n) is 3.69. The van der Waals surface area contributed by atoms with Crippen LogP contribution in [0.2, 0.25) is 0 Å². The Morgan fingerprint density at radius 3 is 1.29 bits per heavy atom. The predicted octanol–water partition coefficient (Wildman–Crippen LogP) is 1.55. The van der Waals surface area contributed by atoms with Crippen LogP contribution in [0, 0.1) is 23.7 Å². The highest BCUT2D eigenvalue weighted by Gasteiger charge is 2.26. The molecule has 4 unspecified atom stereocenters. The number of carbonyl (C=O) groups is 4. The second kappa shape index (κ2) is 8.39. The fourth-order valence-electron chi connectivity index (χ4n) is 1.58. The van der Waals surface area contributed by atoms with E-state index in [9.17, 15) is 19.2 Å². The number of esters is 2. The Hall–Kier alpha value is -1.92. The first-order valence-electron chi connectivity index (χ1n) is 6.75. The first-order valence-corrected chi connectivity index (χ1v) is 6.75. The summed E-state index contributed by atoms with van der Waals surface area (Å²) in [6.45, 7) is 6.11. The molecular weight excluding hydrogens is 280 g/mol. The monoisotopic (exact) mass is 302 g/mol. The van der Waals surface area contributed by atoms with Gasteiger partial charge in [-0.1, -0.05) is 27.7 Å². The summed E-state index contributed by atoms with van der Waals surface area (Å²) in [5.74, 6) is -6.00. The zero-order valence-corrected chi connectivity index (χ0v) is 12.7. The molecule has 0 aromatic heterocycles. The standard InChI is InChI=1S/C14H22O7/c1-7(9(3)13(17)18)5-11(15)21-12(16)6-8(2)10(4)14(19)20/h7-10H,5-6H2,1-4H3,(H,17,18)(H,19,20). The Morgan fingerprint density at radius 2 is 1.05 bits per heavy atom. The second-order valence-electron chi connectivity index (χ2n) is 5.46. The fourth-order valence-corrected chi connectivity index (χ4v) is 1.58. The molecule has 0 saturated heterocycles. The van der Waals surface area contributed by atoms with Crippen molar-refractivity contribution in [3.8, 4) is 0 Å². The number of carbonyl (C=O) groups excluding carboxylic acids is 2. The lowest BCUT2D eigenvalue weighted by Gasteiger charge is -2.16. The minimum Gasteiger partial charge on any atom is -0.481 e. The summed E-state index contributed by atoms with van der Waals surface area (Å²) in [6, 6.07) is 0. The molecular formula is C14H22O7. The molecule has 21 heavy (non-hydrogen) atoms. The fraction of sp³-hybridized carbons (Fsp3) is 0.714. The van der Waals surface area contributed by atoms with E-state index >= 15 is 0 Å². The summed E-state index contributed by atoms with van der Waals surface area (Å²) in [4.78, 5) is 44.6. The molecule has 7 nitrogen and oxygen atoms in total. The highest BCUT2D eigenvalue weighted by Crippen LogP contribution is 2.18. The number of hydrogen-bond acceptors (Lipinski definition) is 5. The average Bonchev–Trinajstić information content (AvgIpc) is 2.35. The van der Waals surface area contributed by atoms with Gasteiger partial charge in [0.15, 0.2) is 0 Å². The first-order chi connectivity index (χ1) is 9.56. The molecule has 0 aromatic rings. The molecule has 0 heterocycles. The van der Waals surface area contributed by atoms with Crippen molar-refractivity contribution in [1.29, 1.82) is 0 Å². The van der Waals surface area contributed by atoms with E-state index in [0.717, 1.165) is 0 Å². The predicted molar refractivity (Wildman–Crippen MR) is 72.3 cm³/mol. The molecule has 0 bridgehead atoms. The number of carboxylic acid groups (broad SMARTS) is 2. The van der Waals surface area contributed by atoms with Crippen molar-refractivity contribution >= 4 is 23.9 Å². The van der Waals surface area contributed by atoms with Crippen molar-refractivity contribution in [2.45, 2.75) is 40.5 Å². The Bertz CT molecular complexity index is 378. The van der Waals surface area contributed by atoms with Crippen LogP contribution in [0.4, 0.5) is 0 Å². The third kappa shape index (κ3) is 6.87. The topological polar surface area (TPSA) is 118 Å². The van der Waals surface area contributed by atoms with E-state index in [-0.39, 0.29) is 12.8 Å². The summed E-state index contributed by atoms with van der Waals surface area (Å²) in [6.07, 6.45) is -0.357. The molecule has 0 radical (unpaired) electrons. The van der Waals surface area contributed by atoms with Gasteiger partial charge in [-0.15, -0.1) is 0 Å². The van der Waals surface area contributed by atoms with Gasteiger partial charge in [0, 0.05) is 12.8 Å². The summed E-state index contributed by atoms with van der Waals surface area (Å²) in [7, 11) is 0. The van der Waals surface area contributed by atoms with Crippen molar-refractivity contribution in [2.75, 3.05) is 0 Å². The zero-order chi connectivity index (χ0) is 16.7. The van der Waals surface area contributed by atoms with Crippen molar-refractivity contribution in [2.24, 2.45) is 23.7 Å². The Kier molecular flexibility index (Phi) is 7.62. The van der Waals surface area contributed by atoms with Gasteiger partial charge in [0.2, 0.25) is 0 Å². The molecule has 4 atom stereocenters. The van der Waals surface area contributed by atoms with Crippen molar-refractivity contribution < 1.29 is 34.1 Å². The maximum Gasteiger partial charge on any atom is 0.313 e. The van der Waals surface area contributed by atoms with Crippen LogP contribution in [-0.2, 0) is 23.9 Å². The van der Waals surface area contributed by atoms with E-state index in [1.165, 1.54) is 13.8 Å². The lowest BCUT2D eigenvalue weighted by molar-refractivity contribution is -0.161. The quantitative estimate of drug-likeness (QED) is 0.515. The molecule has 0 amide bonds. The molecule has 0 aliphatic carbocycles. The molecule has 0 rings (SSSR count). The molecule has 0 aliphatic rings. The first kappa shape index (κ1) is 19.1. The highest BCUT2D eigenvalue weighted by atomic mass is 16.6. The van der Waals surface area contributed by atoms with Gasteiger partial charge in [-0.2, -0.15) is 0 Å². The van der Waals surface area contributed by atoms with Gasteiger partial charge >= 0.3 is 23.9 Å². The third-order valence-corrected chi connectivity index (χ3v) is 3.69. The summed E-state index contributed by atoms with van der Waals surface area (Å²) in [5, 5.41) is 17.6. The Morgan fingerprint density at radius 1 is 0.762 bits per heavy atom. The Balaban J connectivity index is 4.31. The van der Waals surface area contributed by atoms with Crippen LogP contribution in [0.5, 0.6) is 0 Å². The molecule has 0 fully saturated rings. The number of hydrogen-bond donors (Lipinski definition) is 2. The second-order valence-corrected chi connectivity index (χ2v) is 5.46. The van der Waals surface area contributed by atoms with Gasteiger partial charge in [0.25, 0.3) is 0 Å². The van der Waals surface area contributed by atoms with Gasteiger partial charge < -0.3 is 14.9 Å². The van der Waals surface area contributed by atoms with Crippen molar-refractivity contribution in [3.63, 3.8) is 0 Å². The van der Waals surface area contributed by atoms with Crippen molar-refractivity contribution in [1.82, 2.24) is 0 Å². The van der Waals surface area contributed by atoms with Crippen LogP contribution in [0.3, 0.4) is 0 Å². The van der Waals surface area contributed by atoms with E-state index in [1.807, 2.05) is 0 Å². The molecule has 0 aliphatic heterocycles. The van der Waals surface area contributed by atoms with Crippen LogP contribution >= 0.6 is 0 Å². The molecule has 0 aromatic carbocycles. The highest BCUT2D eigenvalue weighted by molar-refractivity contribution is 5.86. The van der Waals surface area contributed by atoms with E-state index in [1.54, 1.807) is 13.8 Å². The van der Waals surface area contributed by atoms with E-state index in [2.05, 4.69) is 4.74 Å². The lowest BCUT2D eigenvalue weighted by Crippen LogP contribution is -2.25. The smallest absolute Gasteiger partial charge is 0.313 e. The summed E-state index contributed by atoms with van der Waals surface area (Å²) < 4.78 is 4.59. The minimum atomic E-state index is -1.02. The van der Waals surface area contributed by atoms with Crippen molar-refractivity contribution in [3.05, 3.63) is 0 Å². The number of carboxylic acids is 2. The van der Waals surface area contributed by atoms with E-state index < -0.39 is 47.5 Å². The molecule has 0 saturated carbocycles. The molecule has 120 valence electrons. The normalized spacial score (nSPS) is 16.4. The maximum absolute atomic E-state index is 11.5. The minimum absolute atomic E-state index is 0.179. The summed E-state index contributed by atoms with van der Waals surface area (Å²) in [5.41, 5.74) is 0. The zero-order valence-electron chi connectivity index (χ0n) is 12.7. The van der Waals surface area contributed by atoms with Crippen LogP contribution in [0.25, 0.3) is 0 Å². The Labute approximate surface area is 123 Å². The number of ether oxygens (including phenoxy) is 1. The molecule has 7 heteroatoms. The number of rotatable bonds is 8. The largest absolute Gasteiger partial charge is 0.481 e. The maximum atomic E-state index is 11.5. The van der Waals surface area contributed by atoms with Crippen LogP contribution < -0.4 is 0 Å². The SMILES string of the molecule is CC(CC(=O)OC(=O)CC(C)C(C)C(=O)O)C(C)C(=O)O. The molecule has 0 spiro atoms. The van der Waals surface area contributed by atoms with Gasteiger partial charge in [-0.05, 0) is 11.8 Å². The van der Waals surface area contributed by atoms with E-state index in [4.69, 9.17) is 10.2 Å².